The van der Waals surface area contributed by atoms with Gasteiger partial charge < -0.3 is 24.5 Å². The summed E-state index contributed by atoms with van der Waals surface area (Å²) in [5, 5.41) is 11.7. The number of aromatic nitrogens is 1. The van der Waals surface area contributed by atoms with E-state index in [1.807, 2.05) is 0 Å². The third-order valence-corrected chi connectivity index (χ3v) is 3.46. The van der Waals surface area contributed by atoms with Gasteiger partial charge >= 0.3 is 0 Å². The minimum atomic E-state index is -0.407. The highest BCUT2D eigenvalue weighted by molar-refractivity contribution is 5.93. The number of carbonyl (C=O) groups excluding carboxylic acids is 1. The first-order chi connectivity index (χ1) is 11.6. The van der Waals surface area contributed by atoms with Gasteiger partial charge in [0.25, 0.3) is 5.91 Å². The number of para-hydroxylation sites is 2. The van der Waals surface area contributed by atoms with Crippen LogP contribution >= 0.6 is 0 Å². The average molecular weight is 332 g/mol. The molecule has 24 heavy (non-hydrogen) atoms. The quantitative estimate of drug-likeness (QED) is 0.794. The summed E-state index contributed by atoms with van der Waals surface area (Å²) in [5.74, 6) is 0.226. The molecule has 7 nitrogen and oxygen atoms in total. The van der Waals surface area contributed by atoms with Crippen molar-refractivity contribution in [1.29, 1.82) is 0 Å². The Morgan fingerprint density at radius 2 is 2.04 bits per heavy atom. The topological polar surface area (TPSA) is 89.8 Å². The van der Waals surface area contributed by atoms with Crippen molar-refractivity contribution in [1.82, 2.24) is 4.57 Å². The van der Waals surface area contributed by atoms with Gasteiger partial charge in [0.05, 0.1) is 25.1 Å². The van der Waals surface area contributed by atoms with Crippen molar-refractivity contribution >= 4 is 11.6 Å². The van der Waals surface area contributed by atoms with Crippen molar-refractivity contribution in [2.24, 2.45) is 0 Å². The van der Waals surface area contributed by atoms with E-state index < -0.39 is 5.91 Å². The smallest absolute Gasteiger partial charge is 0.262 e. The molecule has 0 radical (unpaired) electrons. The van der Waals surface area contributed by atoms with Gasteiger partial charge in [0.15, 0.2) is 12.4 Å². The number of anilines is 1. The Hall–Kier alpha value is -2.80. The van der Waals surface area contributed by atoms with Crippen LogP contribution < -0.4 is 20.2 Å². The lowest BCUT2D eigenvalue weighted by Crippen LogP contribution is -2.24. The molecule has 1 amide bonds. The van der Waals surface area contributed by atoms with Gasteiger partial charge in [0, 0.05) is 18.8 Å². The fourth-order valence-corrected chi connectivity index (χ4v) is 2.25. The molecule has 0 aliphatic heterocycles. The van der Waals surface area contributed by atoms with Gasteiger partial charge in [-0.3, -0.25) is 9.59 Å². The second-order valence-electron chi connectivity index (χ2n) is 5.05. The number of benzene rings is 1. The van der Waals surface area contributed by atoms with Crippen LogP contribution in [0.15, 0.2) is 41.3 Å². The molecule has 0 spiro atoms. The van der Waals surface area contributed by atoms with Gasteiger partial charge in [-0.1, -0.05) is 12.1 Å². The minimum absolute atomic E-state index is 0.0581. The number of pyridine rings is 1. The lowest BCUT2D eigenvalue weighted by atomic mass is 10.3. The Morgan fingerprint density at radius 1 is 1.29 bits per heavy atom. The number of amides is 1. The molecule has 2 rings (SSSR count). The molecule has 0 unspecified atom stereocenters. The summed E-state index contributed by atoms with van der Waals surface area (Å²) in [5.41, 5.74) is 0.768. The Morgan fingerprint density at radius 3 is 2.75 bits per heavy atom. The maximum atomic E-state index is 12.0. The number of carbonyl (C=O) groups is 1. The number of nitrogens with one attached hydrogen (secondary N) is 1. The summed E-state index contributed by atoms with van der Waals surface area (Å²) in [4.78, 5) is 24.0. The second-order valence-corrected chi connectivity index (χ2v) is 5.05. The second kappa shape index (κ2) is 8.16. The van der Waals surface area contributed by atoms with Gasteiger partial charge in [0.1, 0.15) is 5.75 Å². The Labute approximate surface area is 139 Å². The predicted molar refractivity (Wildman–Crippen MR) is 89.6 cm³/mol. The lowest BCUT2D eigenvalue weighted by Gasteiger charge is -2.14. The van der Waals surface area contributed by atoms with Crippen molar-refractivity contribution in [3.8, 4) is 11.5 Å². The number of hydrogen-bond donors (Lipinski definition) is 2. The molecule has 2 aromatic rings. The van der Waals surface area contributed by atoms with E-state index in [0.717, 1.165) is 0 Å². The van der Waals surface area contributed by atoms with Crippen molar-refractivity contribution in [2.75, 3.05) is 25.6 Å². The fraction of sp³-hybridized carbons (Fsp3) is 0.294. The monoisotopic (exact) mass is 332 g/mol. The molecule has 0 atom stereocenters. The largest absolute Gasteiger partial charge is 0.495 e. The van der Waals surface area contributed by atoms with Crippen LogP contribution in [0.3, 0.4) is 0 Å². The van der Waals surface area contributed by atoms with E-state index in [4.69, 9.17) is 14.6 Å². The van der Waals surface area contributed by atoms with Crippen LogP contribution in [-0.4, -0.2) is 35.9 Å². The third kappa shape index (κ3) is 4.14. The third-order valence-electron chi connectivity index (χ3n) is 3.46. The Balaban J connectivity index is 2.07. The van der Waals surface area contributed by atoms with Gasteiger partial charge in [0.2, 0.25) is 5.43 Å². The molecule has 1 aromatic heterocycles. The van der Waals surface area contributed by atoms with E-state index in [1.54, 1.807) is 42.0 Å². The maximum Gasteiger partial charge on any atom is 0.262 e. The molecule has 1 heterocycles. The number of aliphatic hydroxyl groups is 1. The molecule has 0 aliphatic carbocycles. The molecule has 0 fully saturated rings. The lowest BCUT2D eigenvalue weighted by molar-refractivity contribution is -0.118. The maximum absolute atomic E-state index is 12.0. The molecule has 2 N–H and O–H groups in total. The van der Waals surface area contributed by atoms with Crippen LogP contribution in [0, 0.1) is 6.92 Å². The predicted octanol–water partition coefficient (Wildman–Crippen LogP) is 1.18. The molecule has 0 saturated heterocycles. The normalized spacial score (nSPS) is 10.3. The van der Waals surface area contributed by atoms with Gasteiger partial charge in [-0.2, -0.15) is 0 Å². The van der Waals surface area contributed by atoms with Crippen LogP contribution in [0.5, 0.6) is 11.5 Å². The van der Waals surface area contributed by atoms with E-state index in [1.165, 1.54) is 13.2 Å². The number of methoxy groups -OCH3 is 1. The van der Waals surface area contributed by atoms with Gasteiger partial charge in [-0.15, -0.1) is 0 Å². The average Bonchev–Trinajstić information content (AvgIpc) is 2.58. The summed E-state index contributed by atoms with van der Waals surface area (Å²) in [6, 6.07) is 8.34. The first kappa shape index (κ1) is 17.6. The zero-order valence-corrected chi connectivity index (χ0v) is 13.6. The van der Waals surface area contributed by atoms with Gasteiger partial charge in [-0.05, 0) is 19.1 Å². The van der Waals surface area contributed by atoms with E-state index >= 15 is 0 Å². The standard InChI is InChI=1S/C17H20N2O5/c1-12-17(14(21)7-8-19(12)9-10-20)24-11-16(22)18-13-5-3-4-6-15(13)23-2/h3-8,20H,9-11H2,1-2H3,(H,18,22). The van der Waals surface area contributed by atoms with Crippen LogP contribution in [0.4, 0.5) is 5.69 Å². The highest BCUT2D eigenvalue weighted by atomic mass is 16.5. The van der Waals surface area contributed by atoms with E-state index in [-0.39, 0.29) is 24.4 Å². The summed E-state index contributed by atoms with van der Waals surface area (Å²) in [6.07, 6.45) is 1.58. The molecule has 0 saturated carbocycles. The molecular formula is C17H20N2O5. The number of nitrogens with zero attached hydrogens (tertiary/aromatic N) is 1. The number of aliphatic hydroxyl groups excluding tert-OH is 1. The van der Waals surface area contributed by atoms with Crippen molar-refractivity contribution in [3.05, 3.63) is 52.4 Å². The summed E-state index contributed by atoms with van der Waals surface area (Å²) >= 11 is 0. The highest BCUT2D eigenvalue weighted by Gasteiger charge is 2.12. The van der Waals surface area contributed by atoms with E-state index in [0.29, 0.717) is 23.7 Å². The summed E-state index contributed by atoms with van der Waals surface area (Å²) in [7, 11) is 1.51. The Bertz CT molecular complexity index is 770. The van der Waals surface area contributed by atoms with Crippen LogP contribution in [0.2, 0.25) is 0 Å². The SMILES string of the molecule is COc1ccccc1NC(=O)COc1c(C)n(CCO)ccc1=O. The van der Waals surface area contributed by atoms with Crippen molar-refractivity contribution in [2.45, 2.75) is 13.5 Å². The van der Waals surface area contributed by atoms with E-state index in [2.05, 4.69) is 5.32 Å². The molecular weight excluding hydrogens is 312 g/mol. The highest BCUT2D eigenvalue weighted by Crippen LogP contribution is 2.22. The molecule has 0 bridgehead atoms. The van der Waals surface area contributed by atoms with Crippen molar-refractivity contribution < 1.29 is 19.4 Å². The van der Waals surface area contributed by atoms with E-state index in [9.17, 15) is 9.59 Å². The van der Waals surface area contributed by atoms with Crippen LogP contribution in [0.1, 0.15) is 5.69 Å². The zero-order chi connectivity index (χ0) is 17.5. The van der Waals surface area contributed by atoms with Gasteiger partial charge in [-0.25, -0.2) is 0 Å². The number of ether oxygens (including phenoxy) is 2. The fourth-order valence-electron chi connectivity index (χ4n) is 2.25. The summed E-state index contributed by atoms with van der Waals surface area (Å²) < 4.78 is 12.2. The summed E-state index contributed by atoms with van der Waals surface area (Å²) in [6.45, 7) is 1.68. The molecule has 128 valence electrons. The molecule has 7 heteroatoms. The number of rotatable bonds is 7. The first-order valence-electron chi connectivity index (χ1n) is 7.43. The number of hydrogen-bond acceptors (Lipinski definition) is 5. The van der Waals surface area contributed by atoms with Crippen molar-refractivity contribution in [3.63, 3.8) is 0 Å². The first-order valence-corrected chi connectivity index (χ1v) is 7.43. The minimum Gasteiger partial charge on any atom is -0.495 e. The van der Waals surface area contributed by atoms with Crippen LogP contribution in [-0.2, 0) is 11.3 Å². The Kier molecular flexibility index (Phi) is 5.97. The zero-order valence-electron chi connectivity index (χ0n) is 13.6. The molecule has 0 aliphatic rings. The van der Waals surface area contributed by atoms with Crippen LogP contribution in [0.25, 0.3) is 0 Å². The molecule has 1 aromatic carbocycles.